The third kappa shape index (κ3) is 2.73. The molecule has 0 aromatic heterocycles. The SMILES string of the molecule is C=CC(=O)c1ccc(C(O)(CC)c2ccc(O)c(O)c2)cc1. The topological polar surface area (TPSA) is 77.8 Å². The van der Waals surface area contributed by atoms with E-state index in [0.29, 0.717) is 23.1 Å². The van der Waals surface area contributed by atoms with Gasteiger partial charge in [-0.2, -0.15) is 0 Å². The first-order valence-corrected chi connectivity index (χ1v) is 6.94. The fourth-order valence-corrected chi connectivity index (χ4v) is 2.38. The quantitative estimate of drug-likeness (QED) is 0.450. The molecule has 2 rings (SSSR count). The van der Waals surface area contributed by atoms with Gasteiger partial charge in [-0.05, 0) is 35.8 Å². The molecule has 0 spiro atoms. The minimum absolute atomic E-state index is 0.186. The lowest BCUT2D eigenvalue weighted by Crippen LogP contribution is -2.26. The van der Waals surface area contributed by atoms with E-state index in [2.05, 4.69) is 6.58 Å². The van der Waals surface area contributed by atoms with Crippen LogP contribution in [0.2, 0.25) is 0 Å². The average molecular weight is 298 g/mol. The lowest BCUT2D eigenvalue weighted by Gasteiger charge is -2.28. The van der Waals surface area contributed by atoms with Crippen molar-refractivity contribution in [1.29, 1.82) is 0 Å². The predicted molar refractivity (Wildman–Crippen MR) is 84.0 cm³/mol. The highest BCUT2D eigenvalue weighted by molar-refractivity contribution is 6.04. The Bertz CT molecular complexity index is 704. The van der Waals surface area contributed by atoms with E-state index in [1.54, 1.807) is 30.3 Å². The van der Waals surface area contributed by atoms with E-state index in [1.807, 2.05) is 6.92 Å². The van der Waals surface area contributed by atoms with Gasteiger partial charge in [0.2, 0.25) is 0 Å². The summed E-state index contributed by atoms with van der Waals surface area (Å²) in [5, 5.41) is 30.0. The van der Waals surface area contributed by atoms with Gasteiger partial charge in [0.1, 0.15) is 5.60 Å². The molecule has 22 heavy (non-hydrogen) atoms. The normalized spacial score (nSPS) is 13.4. The molecule has 4 nitrogen and oxygen atoms in total. The van der Waals surface area contributed by atoms with Gasteiger partial charge >= 0.3 is 0 Å². The van der Waals surface area contributed by atoms with Crippen LogP contribution in [0.5, 0.6) is 11.5 Å². The van der Waals surface area contributed by atoms with Gasteiger partial charge < -0.3 is 15.3 Å². The second-order valence-corrected chi connectivity index (χ2v) is 5.06. The first-order chi connectivity index (χ1) is 10.4. The van der Waals surface area contributed by atoms with Crippen molar-refractivity contribution in [3.8, 4) is 11.5 Å². The zero-order valence-corrected chi connectivity index (χ0v) is 12.3. The number of aliphatic hydroxyl groups is 1. The van der Waals surface area contributed by atoms with Crippen molar-refractivity contribution in [3.63, 3.8) is 0 Å². The molecule has 0 heterocycles. The molecule has 2 aromatic carbocycles. The molecule has 0 saturated heterocycles. The summed E-state index contributed by atoms with van der Waals surface area (Å²) in [6.07, 6.45) is 1.60. The molecule has 0 aliphatic carbocycles. The van der Waals surface area contributed by atoms with Crippen LogP contribution in [0.4, 0.5) is 0 Å². The number of allylic oxidation sites excluding steroid dienone is 1. The van der Waals surface area contributed by atoms with E-state index < -0.39 is 5.60 Å². The summed E-state index contributed by atoms with van der Waals surface area (Å²) < 4.78 is 0. The monoisotopic (exact) mass is 298 g/mol. The van der Waals surface area contributed by atoms with Crippen molar-refractivity contribution in [2.24, 2.45) is 0 Å². The van der Waals surface area contributed by atoms with Crippen LogP contribution in [-0.2, 0) is 5.60 Å². The molecule has 0 aliphatic heterocycles. The fraction of sp³-hybridized carbons (Fsp3) is 0.167. The van der Waals surface area contributed by atoms with Crippen molar-refractivity contribution < 1.29 is 20.1 Å². The Morgan fingerprint density at radius 2 is 1.68 bits per heavy atom. The molecule has 4 heteroatoms. The number of hydrogen-bond acceptors (Lipinski definition) is 4. The van der Waals surface area contributed by atoms with Crippen molar-refractivity contribution >= 4 is 5.78 Å². The Balaban J connectivity index is 2.47. The van der Waals surface area contributed by atoms with Gasteiger partial charge in [-0.1, -0.05) is 43.8 Å². The average Bonchev–Trinajstić information content (AvgIpc) is 2.56. The molecule has 1 atom stereocenters. The molecular weight excluding hydrogens is 280 g/mol. The second kappa shape index (κ2) is 6.03. The number of phenolic OH excluding ortho intramolecular Hbond substituents is 2. The smallest absolute Gasteiger partial charge is 0.185 e. The number of rotatable bonds is 5. The largest absolute Gasteiger partial charge is 0.504 e. The van der Waals surface area contributed by atoms with Crippen molar-refractivity contribution in [1.82, 2.24) is 0 Å². The summed E-state index contributed by atoms with van der Waals surface area (Å²) in [6.45, 7) is 5.25. The number of carbonyl (C=O) groups is 1. The zero-order chi connectivity index (χ0) is 16.3. The van der Waals surface area contributed by atoms with Gasteiger partial charge in [-0.25, -0.2) is 0 Å². The molecule has 114 valence electrons. The Labute approximate surface area is 129 Å². The number of phenols is 2. The number of aromatic hydroxyl groups is 2. The van der Waals surface area contributed by atoms with Gasteiger partial charge in [-0.15, -0.1) is 0 Å². The Kier molecular flexibility index (Phi) is 4.33. The standard InChI is InChI=1S/C18H18O4/c1-3-15(19)12-5-7-13(8-6-12)18(22,4-2)14-9-10-16(20)17(21)11-14/h3,5-11,20-22H,1,4H2,2H3. The molecular formula is C18H18O4. The first-order valence-electron chi connectivity index (χ1n) is 6.94. The van der Waals surface area contributed by atoms with Crippen LogP contribution in [-0.4, -0.2) is 21.1 Å². The molecule has 0 bridgehead atoms. The number of hydrogen-bond donors (Lipinski definition) is 3. The number of benzene rings is 2. The summed E-state index contributed by atoms with van der Waals surface area (Å²) in [6, 6.07) is 10.8. The van der Waals surface area contributed by atoms with E-state index in [1.165, 1.54) is 18.2 Å². The van der Waals surface area contributed by atoms with Crippen molar-refractivity contribution in [2.45, 2.75) is 18.9 Å². The lowest BCUT2D eigenvalue weighted by molar-refractivity contribution is 0.0761. The molecule has 0 amide bonds. The third-order valence-electron chi connectivity index (χ3n) is 3.80. The Morgan fingerprint density at radius 1 is 1.09 bits per heavy atom. The summed E-state index contributed by atoms with van der Waals surface area (Å²) in [5.41, 5.74) is 0.237. The number of ketones is 1. The minimum Gasteiger partial charge on any atom is -0.504 e. The van der Waals surface area contributed by atoms with Gasteiger partial charge in [-0.3, -0.25) is 4.79 Å². The van der Waals surface area contributed by atoms with Crippen LogP contribution in [0.3, 0.4) is 0 Å². The second-order valence-electron chi connectivity index (χ2n) is 5.06. The van der Waals surface area contributed by atoms with Crippen LogP contribution >= 0.6 is 0 Å². The molecule has 1 unspecified atom stereocenters. The number of carbonyl (C=O) groups excluding carboxylic acids is 1. The van der Waals surface area contributed by atoms with Crippen LogP contribution < -0.4 is 0 Å². The first kappa shape index (κ1) is 15.8. The fourth-order valence-electron chi connectivity index (χ4n) is 2.38. The van der Waals surface area contributed by atoms with Gasteiger partial charge in [0.15, 0.2) is 17.3 Å². The van der Waals surface area contributed by atoms with Gasteiger partial charge in [0.25, 0.3) is 0 Å². The van der Waals surface area contributed by atoms with Crippen molar-refractivity contribution in [2.75, 3.05) is 0 Å². The summed E-state index contributed by atoms with van der Waals surface area (Å²) in [7, 11) is 0. The lowest BCUT2D eigenvalue weighted by atomic mass is 9.83. The van der Waals surface area contributed by atoms with E-state index in [9.17, 15) is 20.1 Å². The summed E-state index contributed by atoms with van der Waals surface area (Å²) in [5.74, 6) is -0.717. The molecule has 0 saturated carbocycles. The molecule has 3 N–H and O–H groups in total. The van der Waals surface area contributed by atoms with Crippen molar-refractivity contribution in [3.05, 3.63) is 71.8 Å². The van der Waals surface area contributed by atoms with Crippen LogP contribution in [0.25, 0.3) is 0 Å². The summed E-state index contributed by atoms with van der Waals surface area (Å²) in [4.78, 5) is 11.6. The highest BCUT2D eigenvalue weighted by atomic mass is 16.3. The van der Waals surface area contributed by atoms with Crippen LogP contribution in [0.1, 0.15) is 34.8 Å². The predicted octanol–water partition coefficient (Wildman–Crippen LogP) is 3.11. The highest BCUT2D eigenvalue weighted by Crippen LogP contribution is 2.37. The maximum atomic E-state index is 11.6. The zero-order valence-electron chi connectivity index (χ0n) is 12.3. The molecule has 2 aromatic rings. The van der Waals surface area contributed by atoms with Gasteiger partial charge in [0, 0.05) is 5.56 Å². The maximum absolute atomic E-state index is 11.6. The third-order valence-corrected chi connectivity index (χ3v) is 3.80. The molecule has 0 aliphatic rings. The maximum Gasteiger partial charge on any atom is 0.185 e. The van der Waals surface area contributed by atoms with E-state index >= 15 is 0 Å². The highest BCUT2D eigenvalue weighted by Gasteiger charge is 2.30. The summed E-state index contributed by atoms with van der Waals surface area (Å²) >= 11 is 0. The van der Waals surface area contributed by atoms with E-state index in [0.717, 1.165) is 0 Å². The van der Waals surface area contributed by atoms with Crippen LogP contribution in [0, 0.1) is 0 Å². The Hall–Kier alpha value is -2.59. The Morgan fingerprint density at radius 3 is 2.18 bits per heavy atom. The molecule has 0 radical (unpaired) electrons. The van der Waals surface area contributed by atoms with Crippen LogP contribution in [0.15, 0.2) is 55.1 Å². The molecule has 0 fully saturated rings. The van der Waals surface area contributed by atoms with Gasteiger partial charge in [0.05, 0.1) is 0 Å². The van der Waals surface area contributed by atoms with E-state index in [4.69, 9.17) is 0 Å². The van der Waals surface area contributed by atoms with E-state index in [-0.39, 0.29) is 17.3 Å². The minimum atomic E-state index is -1.32.